The van der Waals surface area contributed by atoms with Crippen molar-refractivity contribution in [3.8, 4) is 5.88 Å². The molecule has 1 unspecified atom stereocenters. The lowest BCUT2D eigenvalue weighted by atomic mass is 10.1. The lowest BCUT2D eigenvalue weighted by molar-refractivity contribution is -0.144. The topological polar surface area (TPSA) is 64.5 Å². The molecule has 19 heavy (non-hydrogen) atoms. The van der Waals surface area contributed by atoms with Crippen LogP contribution in [0.3, 0.4) is 0 Å². The number of aromatic nitrogens is 2. The van der Waals surface area contributed by atoms with Gasteiger partial charge in [0, 0.05) is 25.4 Å². The predicted octanol–water partition coefficient (Wildman–Crippen LogP) is 1.26. The van der Waals surface area contributed by atoms with Gasteiger partial charge in [-0.05, 0) is 12.8 Å². The van der Waals surface area contributed by atoms with E-state index in [-0.39, 0.29) is 11.9 Å². The molecule has 0 aliphatic carbocycles. The van der Waals surface area contributed by atoms with Crippen LogP contribution in [0.1, 0.15) is 19.8 Å². The maximum Gasteiger partial charge on any atom is 0.310 e. The third kappa shape index (κ3) is 3.33. The Bertz CT molecular complexity index is 439. The van der Waals surface area contributed by atoms with Crippen LogP contribution in [0, 0.1) is 5.92 Å². The summed E-state index contributed by atoms with van der Waals surface area (Å²) in [6.45, 7) is 4.05. The molecule has 1 aliphatic heterocycles. The molecule has 6 nitrogen and oxygen atoms in total. The van der Waals surface area contributed by atoms with Gasteiger partial charge in [0.15, 0.2) is 0 Å². The number of carbonyl (C=O) groups excluding carboxylic acids is 1. The van der Waals surface area contributed by atoms with Crippen molar-refractivity contribution in [2.45, 2.75) is 19.8 Å². The van der Waals surface area contributed by atoms with Crippen molar-refractivity contribution in [1.29, 1.82) is 0 Å². The Balaban J connectivity index is 2.00. The van der Waals surface area contributed by atoms with Crippen LogP contribution in [0.5, 0.6) is 5.88 Å². The third-order valence-electron chi connectivity index (χ3n) is 3.08. The minimum absolute atomic E-state index is 0.0891. The quantitative estimate of drug-likeness (QED) is 0.747. The van der Waals surface area contributed by atoms with Crippen molar-refractivity contribution in [1.82, 2.24) is 9.97 Å². The van der Waals surface area contributed by atoms with Gasteiger partial charge in [-0.1, -0.05) is 6.92 Å². The summed E-state index contributed by atoms with van der Waals surface area (Å²) in [7, 11) is 1.42. The molecule has 0 N–H and O–H groups in total. The zero-order valence-electron chi connectivity index (χ0n) is 11.3. The molecule has 1 aromatic heterocycles. The second-order valence-electron chi connectivity index (χ2n) is 4.50. The van der Waals surface area contributed by atoms with Gasteiger partial charge in [-0.2, -0.15) is 4.98 Å². The first kappa shape index (κ1) is 13.6. The van der Waals surface area contributed by atoms with Gasteiger partial charge in [0.05, 0.1) is 19.6 Å². The molecule has 104 valence electrons. The van der Waals surface area contributed by atoms with E-state index < -0.39 is 0 Å². The highest BCUT2D eigenvalue weighted by atomic mass is 16.5. The molecule has 1 fully saturated rings. The monoisotopic (exact) mass is 265 g/mol. The molecule has 0 bridgehead atoms. The average Bonchev–Trinajstić information content (AvgIpc) is 2.94. The number of methoxy groups -OCH3 is 1. The molecule has 1 aromatic rings. The summed E-state index contributed by atoms with van der Waals surface area (Å²) in [6, 6.07) is 1.74. The maximum absolute atomic E-state index is 11.5. The number of rotatable bonds is 5. The Morgan fingerprint density at radius 2 is 2.42 bits per heavy atom. The second kappa shape index (κ2) is 6.36. The van der Waals surface area contributed by atoms with E-state index in [2.05, 4.69) is 9.97 Å². The van der Waals surface area contributed by atoms with E-state index in [9.17, 15) is 4.79 Å². The maximum atomic E-state index is 11.5. The molecule has 2 rings (SSSR count). The molecule has 0 amide bonds. The fourth-order valence-corrected chi connectivity index (χ4v) is 2.07. The molecule has 0 radical (unpaired) electrons. The number of esters is 1. The lowest BCUT2D eigenvalue weighted by Gasteiger charge is -2.16. The summed E-state index contributed by atoms with van der Waals surface area (Å²) in [6.07, 6.45) is 3.39. The molecular formula is C13H19N3O3. The Morgan fingerprint density at radius 1 is 1.58 bits per heavy atom. The van der Waals surface area contributed by atoms with Crippen molar-refractivity contribution in [3.05, 3.63) is 12.3 Å². The fraction of sp³-hybridized carbons (Fsp3) is 0.615. The van der Waals surface area contributed by atoms with Crippen LogP contribution in [0.15, 0.2) is 12.3 Å². The molecule has 0 saturated carbocycles. The van der Waals surface area contributed by atoms with Gasteiger partial charge in [-0.15, -0.1) is 0 Å². The largest absolute Gasteiger partial charge is 0.478 e. The standard InChI is InChI=1S/C13H19N3O3/c1-3-8-19-11-4-6-14-13(15-11)16-7-5-10(9-16)12(17)18-2/h4,6,10H,3,5,7-9H2,1-2H3. The van der Waals surface area contributed by atoms with Crippen molar-refractivity contribution >= 4 is 11.9 Å². The van der Waals surface area contributed by atoms with Gasteiger partial charge < -0.3 is 14.4 Å². The number of hydrogen-bond acceptors (Lipinski definition) is 6. The number of ether oxygens (including phenoxy) is 2. The second-order valence-corrected chi connectivity index (χ2v) is 4.50. The van der Waals surface area contributed by atoms with Gasteiger partial charge >= 0.3 is 5.97 Å². The first-order chi connectivity index (χ1) is 9.24. The van der Waals surface area contributed by atoms with Crippen molar-refractivity contribution in [3.63, 3.8) is 0 Å². The summed E-state index contributed by atoms with van der Waals surface area (Å²) in [5.74, 6) is 0.933. The number of carbonyl (C=O) groups is 1. The summed E-state index contributed by atoms with van der Waals surface area (Å²) in [5.41, 5.74) is 0. The average molecular weight is 265 g/mol. The third-order valence-corrected chi connectivity index (χ3v) is 3.08. The van der Waals surface area contributed by atoms with Crippen molar-refractivity contribution in [2.24, 2.45) is 5.92 Å². The minimum atomic E-state index is -0.166. The van der Waals surface area contributed by atoms with Crippen LogP contribution in [-0.2, 0) is 9.53 Å². The summed E-state index contributed by atoms with van der Waals surface area (Å²) < 4.78 is 10.2. The zero-order chi connectivity index (χ0) is 13.7. The Labute approximate surface area is 112 Å². The van der Waals surface area contributed by atoms with Crippen LogP contribution in [0.2, 0.25) is 0 Å². The van der Waals surface area contributed by atoms with Gasteiger partial charge in [0.1, 0.15) is 0 Å². The molecular weight excluding hydrogens is 246 g/mol. The molecule has 2 heterocycles. The van der Waals surface area contributed by atoms with Gasteiger partial charge in [-0.3, -0.25) is 4.79 Å². The van der Waals surface area contributed by atoms with Gasteiger partial charge in [0.25, 0.3) is 0 Å². The predicted molar refractivity (Wildman–Crippen MR) is 70.2 cm³/mol. The summed E-state index contributed by atoms with van der Waals surface area (Å²) >= 11 is 0. The van der Waals surface area contributed by atoms with E-state index >= 15 is 0 Å². The minimum Gasteiger partial charge on any atom is -0.478 e. The Hall–Kier alpha value is -1.85. The van der Waals surface area contributed by atoms with E-state index in [0.29, 0.717) is 25.0 Å². The zero-order valence-corrected chi connectivity index (χ0v) is 11.3. The Morgan fingerprint density at radius 3 is 3.16 bits per heavy atom. The summed E-state index contributed by atoms with van der Waals surface area (Å²) in [4.78, 5) is 22.1. The number of nitrogens with zero attached hydrogens (tertiary/aromatic N) is 3. The SMILES string of the molecule is CCCOc1ccnc(N2CCC(C(=O)OC)C2)n1. The normalized spacial score (nSPS) is 18.4. The highest BCUT2D eigenvalue weighted by molar-refractivity contribution is 5.73. The number of anilines is 1. The van der Waals surface area contributed by atoms with E-state index in [4.69, 9.17) is 9.47 Å². The first-order valence-electron chi connectivity index (χ1n) is 6.53. The highest BCUT2D eigenvalue weighted by Crippen LogP contribution is 2.22. The van der Waals surface area contributed by atoms with Crippen molar-refractivity contribution in [2.75, 3.05) is 31.7 Å². The molecule has 0 aromatic carbocycles. The van der Waals surface area contributed by atoms with Gasteiger partial charge in [0.2, 0.25) is 11.8 Å². The van der Waals surface area contributed by atoms with Crippen LogP contribution < -0.4 is 9.64 Å². The highest BCUT2D eigenvalue weighted by Gasteiger charge is 2.30. The van der Waals surface area contributed by atoms with Crippen LogP contribution in [-0.4, -0.2) is 42.7 Å². The fourth-order valence-electron chi connectivity index (χ4n) is 2.07. The van der Waals surface area contributed by atoms with Crippen LogP contribution in [0.25, 0.3) is 0 Å². The van der Waals surface area contributed by atoms with Gasteiger partial charge in [-0.25, -0.2) is 4.98 Å². The molecule has 1 atom stereocenters. The molecule has 0 spiro atoms. The van der Waals surface area contributed by atoms with Crippen LogP contribution >= 0.6 is 0 Å². The number of hydrogen-bond donors (Lipinski definition) is 0. The van der Waals surface area contributed by atoms with E-state index in [1.807, 2.05) is 11.8 Å². The smallest absolute Gasteiger partial charge is 0.310 e. The summed E-state index contributed by atoms with van der Waals surface area (Å²) in [5, 5.41) is 0. The lowest BCUT2D eigenvalue weighted by Crippen LogP contribution is -2.25. The van der Waals surface area contributed by atoms with E-state index in [1.165, 1.54) is 7.11 Å². The Kier molecular flexibility index (Phi) is 4.54. The van der Waals surface area contributed by atoms with E-state index in [1.54, 1.807) is 12.3 Å². The van der Waals surface area contributed by atoms with E-state index in [0.717, 1.165) is 19.4 Å². The van der Waals surface area contributed by atoms with Crippen LogP contribution in [0.4, 0.5) is 5.95 Å². The molecule has 6 heteroatoms. The molecule has 1 saturated heterocycles. The first-order valence-corrected chi connectivity index (χ1v) is 6.53. The van der Waals surface area contributed by atoms with Crippen molar-refractivity contribution < 1.29 is 14.3 Å². The molecule has 1 aliphatic rings.